The molecule has 4 nitrogen and oxygen atoms in total. The molecule has 1 aliphatic rings. The molecule has 5 heteroatoms. The van der Waals surface area contributed by atoms with E-state index in [4.69, 9.17) is 0 Å². The van der Waals surface area contributed by atoms with E-state index >= 15 is 0 Å². The van der Waals surface area contributed by atoms with E-state index in [2.05, 4.69) is 19.2 Å². The Morgan fingerprint density at radius 3 is 2.46 bits per heavy atom. The maximum absolute atomic E-state index is 13.5. The van der Waals surface area contributed by atoms with Crippen molar-refractivity contribution in [2.45, 2.75) is 39.5 Å². The minimum atomic E-state index is -0.249. The Kier molecular flexibility index (Phi) is 6.76. The van der Waals surface area contributed by atoms with Crippen LogP contribution in [0.5, 0.6) is 0 Å². The fourth-order valence-corrected chi connectivity index (χ4v) is 3.02. The highest BCUT2D eigenvalue weighted by Gasteiger charge is 2.49. The maximum Gasteiger partial charge on any atom is 0.226 e. The first-order valence-corrected chi connectivity index (χ1v) is 8.88. The molecule has 0 saturated heterocycles. The van der Waals surface area contributed by atoms with Crippen molar-refractivity contribution in [2.24, 2.45) is 11.8 Å². The average molecular weight is 334 g/mol. The number of halogens is 1. The third-order valence-corrected chi connectivity index (χ3v) is 4.39. The van der Waals surface area contributed by atoms with Crippen LogP contribution in [-0.4, -0.2) is 36.3 Å². The van der Waals surface area contributed by atoms with Gasteiger partial charge in [-0.2, -0.15) is 0 Å². The summed E-state index contributed by atoms with van der Waals surface area (Å²) in [6.07, 6.45) is 2.95. The summed E-state index contributed by atoms with van der Waals surface area (Å²) in [6.45, 7) is 6.01. The van der Waals surface area contributed by atoms with Crippen molar-refractivity contribution in [3.05, 3.63) is 35.6 Å². The standard InChI is InChI=1S/C19H27FN2O2/c1-3-11-22(12-4-2)19(24)16-13-15(16)18(23)21-10-9-14-7-5-6-8-17(14)20/h5-8,15-16H,3-4,9-13H2,1-2H3,(H,21,23). The summed E-state index contributed by atoms with van der Waals surface area (Å²) < 4.78 is 13.5. The van der Waals surface area contributed by atoms with Gasteiger partial charge in [0.2, 0.25) is 11.8 Å². The predicted octanol–water partition coefficient (Wildman–Crippen LogP) is 2.77. The lowest BCUT2D eigenvalue weighted by molar-refractivity contribution is -0.134. The Labute approximate surface area is 143 Å². The number of nitrogens with one attached hydrogen (secondary N) is 1. The Morgan fingerprint density at radius 1 is 1.17 bits per heavy atom. The molecule has 0 heterocycles. The quantitative estimate of drug-likeness (QED) is 0.755. The topological polar surface area (TPSA) is 49.4 Å². The van der Waals surface area contributed by atoms with Crippen molar-refractivity contribution in [3.63, 3.8) is 0 Å². The van der Waals surface area contributed by atoms with Crippen LogP contribution < -0.4 is 5.32 Å². The molecule has 132 valence electrons. The minimum Gasteiger partial charge on any atom is -0.356 e. The van der Waals surface area contributed by atoms with E-state index in [-0.39, 0.29) is 29.5 Å². The smallest absolute Gasteiger partial charge is 0.226 e. The van der Waals surface area contributed by atoms with Gasteiger partial charge in [0, 0.05) is 19.6 Å². The lowest BCUT2D eigenvalue weighted by Crippen LogP contribution is -2.35. The molecular formula is C19H27FN2O2. The number of rotatable bonds is 9. The third-order valence-electron chi connectivity index (χ3n) is 4.39. The fraction of sp³-hybridized carbons (Fsp3) is 0.579. The van der Waals surface area contributed by atoms with Crippen LogP contribution in [0, 0.1) is 17.7 Å². The highest BCUT2D eigenvalue weighted by Crippen LogP contribution is 2.40. The summed E-state index contributed by atoms with van der Waals surface area (Å²) in [7, 11) is 0. The van der Waals surface area contributed by atoms with E-state index in [0.717, 1.165) is 25.9 Å². The first kappa shape index (κ1) is 18.4. The van der Waals surface area contributed by atoms with Gasteiger partial charge in [-0.05, 0) is 37.3 Å². The van der Waals surface area contributed by atoms with Gasteiger partial charge < -0.3 is 10.2 Å². The molecule has 1 saturated carbocycles. The number of amides is 2. The summed E-state index contributed by atoms with van der Waals surface area (Å²) in [5, 5.41) is 2.83. The van der Waals surface area contributed by atoms with Gasteiger partial charge in [0.05, 0.1) is 11.8 Å². The predicted molar refractivity (Wildman–Crippen MR) is 91.9 cm³/mol. The molecule has 2 amide bonds. The first-order chi connectivity index (χ1) is 11.6. The number of nitrogens with zero attached hydrogens (tertiary/aromatic N) is 1. The van der Waals surface area contributed by atoms with Crippen LogP contribution in [0.1, 0.15) is 38.7 Å². The zero-order valence-corrected chi connectivity index (χ0v) is 14.6. The highest BCUT2D eigenvalue weighted by atomic mass is 19.1. The van der Waals surface area contributed by atoms with E-state index in [1.807, 2.05) is 4.90 Å². The van der Waals surface area contributed by atoms with E-state index in [0.29, 0.717) is 24.9 Å². The molecule has 2 atom stereocenters. The largest absolute Gasteiger partial charge is 0.356 e. The van der Waals surface area contributed by atoms with Gasteiger partial charge in [-0.25, -0.2) is 4.39 Å². The fourth-order valence-electron chi connectivity index (χ4n) is 3.02. The molecule has 1 aromatic carbocycles. The zero-order chi connectivity index (χ0) is 17.5. The highest BCUT2D eigenvalue weighted by molar-refractivity contribution is 5.92. The molecule has 0 aromatic heterocycles. The van der Waals surface area contributed by atoms with Gasteiger partial charge in [0.15, 0.2) is 0 Å². The number of benzene rings is 1. The third kappa shape index (κ3) is 4.79. The van der Waals surface area contributed by atoms with Gasteiger partial charge in [0.25, 0.3) is 0 Å². The molecule has 2 unspecified atom stereocenters. The van der Waals surface area contributed by atoms with Crippen LogP contribution in [0.25, 0.3) is 0 Å². The van der Waals surface area contributed by atoms with Crippen LogP contribution in [0.3, 0.4) is 0 Å². The Hall–Kier alpha value is -1.91. The molecule has 1 fully saturated rings. The summed E-state index contributed by atoms with van der Waals surface area (Å²) >= 11 is 0. The zero-order valence-electron chi connectivity index (χ0n) is 14.6. The average Bonchev–Trinajstić information content (AvgIpc) is 3.36. The lowest BCUT2D eigenvalue weighted by atomic mass is 10.1. The van der Waals surface area contributed by atoms with Crippen LogP contribution in [0.2, 0.25) is 0 Å². The Morgan fingerprint density at radius 2 is 1.83 bits per heavy atom. The van der Waals surface area contributed by atoms with Crippen LogP contribution in [0.4, 0.5) is 4.39 Å². The van der Waals surface area contributed by atoms with E-state index in [1.54, 1.807) is 18.2 Å². The summed E-state index contributed by atoms with van der Waals surface area (Å²) in [5.41, 5.74) is 0.596. The van der Waals surface area contributed by atoms with Crippen molar-refractivity contribution in [1.29, 1.82) is 0 Å². The monoisotopic (exact) mass is 334 g/mol. The molecule has 1 N–H and O–H groups in total. The molecule has 2 rings (SSSR count). The summed E-state index contributed by atoms with van der Waals surface area (Å²) in [4.78, 5) is 26.5. The maximum atomic E-state index is 13.5. The van der Waals surface area contributed by atoms with Crippen molar-refractivity contribution in [2.75, 3.05) is 19.6 Å². The van der Waals surface area contributed by atoms with Crippen molar-refractivity contribution < 1.29 is 14.0 Å². The molecule has 0 spiro atoms. The first-order valence-electron chi connectivity index (χ1n) is 8.88. The minimum absolute atomic E-state index is 0.0855. The number of hydrogen-bond donors (Lipinski definition) is 1. The van der Waals surface area contributed by atoms with Gasteiger partial charge in [0.1, 0.15) is 5.82 Å². The molecule has 1 aliphatic carbocycles. The van der Waals surface area contributed by atoms with Crippen LogP contribution in [0.15, 0.2) is 24.3 Å². The van der Waals surface area contributed by atoms with Crippen LogP contribution in [-0.2, 0) is 16.0 Å². The van der Waals surface area contributed by atoms with E-state index < -0.39 is 0 Å². The summed E-state index contributed by atoms with van der Waals surface area (Å²) in [6, 6.07) is 6.57. The second-order valence-corrected chi connectivity index (χ2v) is 6.41. The normalized spacial score (nSPS) is 19.0. The number of carbonyl (C=O) groups is 2. The lowest BCUT2D eigenvalue weighted by Gasteiger charge is -2.21. The van der Waals surface area contributed by atoms with Gasteiger partial charge in [-0.3, -0.25) is 9.59 Å². The Bertz CT molecular complexity index is 570. The van der Waals surface area contributed by atoms with Gasteiger partial charge in [-0.15, -0.1) is 0 Å². The van der Waals surface area contributed by atoms with Gasteiger partial charge >= 0.3 is 0 Å². The van der Waals surface area contributed by atoms with Crippen molar-refractivity contribution in [1.82, 2.24) is 10.2 Å². The number of carbonyl (C=O) groups excluding carboxylic acids is 2. The molecule has 24 heavy (non-hydrogen) atoms. The SMILES string of the molecule is CCCN(CCC)C(=O)C1CC1C(=O)NCCc1ccccc1F. The molecule has 0 bridgehead atoms. The molecule has 0 aliphatic heterocycles. The Balaban J connectivity index is 1.76. The van der Waals surface area contributed by atoms with E-state index in [9.17, 15) is 14.0 Å². The van der Waals surface area contributed by atoms with Crippen LogP contribution >= 0.6 is 0 Å². The van der Waals surface area contributed by atoms with E-state index in [1.165, 1.54) is 6.07 Å². The molecular weight excluding hydrogens is 307 g/mol. The summed E-state index contributed by atoms with van der Waals surface area (Å²) in [5.74, 6) is -0.613. The second kappa shape index (κ2) is 8.81. The van der Waals surface area contributed by atoms with Crippen molar-refractivity contribution in [3.8, 4) is 0 Å². The van der Waals surface area contributed by atoms with Gasteiger partial charge in [-0.1, -0.05) is 32.0 Å². The second-order valence-electron chi connectivity index (χ2n) is 6.41. The number of hydrogen-bond acceptors (Lipinski definition) is 2. The van der Waals surface area contributed by atoms with Crippen molar-refractivity contribution >= 4 is 11.8 Å². The molecule has 1 aromatic rings. The molecule has 0 radical (unpaired) electrons.